The number of hydroxylamine groups is 1. The Bertz CT molecular complexity index is 1330. The van der Waals surface area contributed by atoms with Crippen LogP contribution in [-0.4, -0.2) is 20.7 Å². The summed E-state index contributed by atoms with van der Waals surface area (Å²) in [7, 11) is 0. The summed E-state index contributed by atoms with van der Waals surface area (Å²) in [6.45, 7) is 0.279. The van der Waals surface area contributed by atoms with Gasteiger partial charge in [-0.1, -0.05) is 30.3 Å². The number of rotatable bonds is 5. The first-order valence-electron chi connectivity index (χ1n) is 9.45. The van der Waals surface area contributed by atoms with Gasteiger partial charge in [-0.05, 0) is 47.9 Å². The number of nitrogens with one attached hydrogen (secondary N) is 1. The van der Waals surface area contributed by atoms with Crippen molar-refractivity contribution in [2.24, 2.45) is 0 Å². The summed E-state index contributed by atoms with van der Waals surface area (Å²) in [6.07, 6.45) is 1.84. The zero-order valence-electron chi connectivity index (χ0n) is 16.2. The molecule has 0 aliphatic heterocycles. The maximum atomic E-state index is 14.1. The fraction of sp³-hybridized carbons (Fsp3) is 0.0870. The molecule has 6 nitrogen and oxygen atoms in total. The van der Waals surface area contributed by atoms with E-state index >= 15 is 0 Å². The van der Waals surface area contributed by atoms with Crippen LogP contribution in [0.2, 0.25) is 0 Å². The zero-order valence-corrected chi connectivity index (χ0v) is 16.2. The third-order valence-corrected chi connectivity index (χ3v) is 5.01. The normalized spacial score (nSPS) is 10.9. The third kappa shape index (κ3) is 4.06. The number of aromatic nitrogens is 2. The van der Waals surface area contributed by atoms with Crippen molar-refractivity contribution in [3.05, 3.63) is 100 Å². The van der Waals surface area contributed by atoms with Crippen molar-refractivity contribution in [1.29, 1.82) is 0 Å². The van der Waals surface area contributed by atoms with E-state index in [1.54, 1.807) is 18.2 Å². The molecule has 8 heteroatoms. The molecule has 4 rings (SSSR count). The van der Waals surface area contributed by atoms with Gasteiger partial charge in [0.2, 0.25) is 0 Å². The van der Waals surface area contributed by atoms with Crippen LogP contribution in [0.4, 0.5) is 8.78 Å². The lowest BCUT2D eigenvalue weighted by Gasteiger charge is -2.10. The maximum absolute atomic E-state index is 14.1. The number of carbonyl (C=O) groups is 1. The predicted molar refractivity (Wildman–Crippen MR) is 111 cm³/mol. The molecule has 0 fully saturated rings. The minimum atomic E-state index is -0.728. The van der Waals surface area contributed by atoms with Gasteiger partial charge >= 0.3 is 0 Å². The number of nitrogens with zero attached hydrogens (tertiary/aromatic N) is 2. The molecule has 0 aliphatic carbocycles. The average molecular weight is 421 g/mol. The molecule has 3 aromatic carbocycles. The van der Waals surface area contributed by atoms with Crippen molar-refractivity contribution < 1.29 is 18.8 Å². The van der Waals surface area contributed by atoms with Crippen LogP contribution in [0.5, 0.6) is 0 Å². The zero-order chi connectivity index (χ0) is 22.0. The van der Waals surface area contributed by atoms with E-state index in [1.807, 2.05) is 6.07 Å². The largest absolute Gasteiger partial charge is 0.298 e. The van der Waals surface area contributed by atoms with Gasteiger partial charge in [-0.2, -0.15) is 0 Å². The Morgan fingerprint density at radius 1 is 1.03 bits per heavy atom. The molecule has 0 radical (unpaired) electrons. The SMILES string of the molecule is O=C(NO)c1ccc2ncn(CCc3cccc(-c4c(F)cccc4F)c3)c(=O)c2c1. The van der Waals surface area contributed by atoms with E-state index in [9.17, 15) is 18.4 Å². The summed E-state index contributed by atoms with van der Waals surface area (Å²) in [5.74, 6) is -2.02. The highest BCUT2D eigenvalue weighted by atomic mass is 19.1. The van der Waals surface area contributed by atoms with E-state index in [4.69, 9.17) is 5.21 Å². The monoisotopic (exact) mass is 421 g/mol. The van der Waals surface area contributed by atoms with Crippen LogP contribution < -0.4 is 11.0 Å². The van der Waals surface area contributed by atoms with Crippen LogP contribution in [-0.2, 0) is 13.0 Å². The smallest absolute Gasteiger partial charge is 0.274 e. The van der Waals surface area contributed by atoms with Gasteiger partial charge in [-0.3, -0.25) is 19.4 Å². The summed E-state index contributed by atoms with van der Waals surface area (Å²) in [6, 6.07) is 14.9. The van der Waals surface area contributed by atoms with Crippen molar-refractivity contribution in [3.8, 4) is 11.1 Å². The molecule has 0 saturated carbocycles. The summed E-state index contributed by atoms with van der Waals surface area (Å²) in [4.78, 5) is 28.7. The van der Waals surface area contributed by atoms with E-state index in [2.05, 4.69) is 4.98 Å². The fourth-order valence-corrected chi connectivity index (χ4v) is 3.43. The van der Waals surface area contributed by atoms with Gasteiger partial charge in [-0.25, -0.2) is 19.2 Å². The summed E-state index contributed by atoms with van der Waals surface area (Å²) < 4.78 is 29.6. The van der Waals surface area contributed by atoms with E-state index < -0.39 is 17.5 Å². The number of fused-ring (bicyclic) bond motifs is 1. The second-order valence-corrected chi connectivity index (χ2v) is 6.96. The van der Waals surface area contributed by atoms with Crippen molar-refractivity contribution >= 4 is 16.8 Å². The Hall–Kier alpha value is -3.91. The lowest BCUT2D eigenvalue weighted by molar-refractivity contribution is 0.0706. The Kier molecular flexibility index (Phi) is 5.55. The van der Waals surface area contributed by atoms with Gasteiger partial charge < -0.3 is 0 Å². The number of halogens is 2. The highest BCUT2D eigenvalue weighted by Crippen LogP contribution is 2.26. The Morgan fingerprint density at radius 2 is 1.77 bits per heavy atom. The summed E-state index contributed by atoms with van der Waals surface area (Å²) in [5.41, 5.74) is 2.86. The van der Waals surface area contributed by atoms with Gasteiger partial charge in [0.1, 0.15) is 11.6 Å². The second-order valence-electron chi connectivity index (χ2n) is 6.96. The molecule has 0 aliphatic rings. The summed E-state index contributed by atoms with van der Waals surface area (Å²) >= 11 is 0. The van der Waals surface area contributed by atoms with Gasteiger partial charge in [0.25, 0.3) is 11.5 Å². The van der Waals surface area contributed by atoms with Crippen molar-refractivity contribution in [2.75, 3.05) is 0 Å². The summed E-state index contributed by atoms with van der Waals surface area (Å²) in [5, 5.41) is 9.03. The minimum absolute atomic E-state index is 0.0939. The van der Waals surface area contributed by atoms with E-state index in [0.29, 0.717) is 17.5 Å². The first-order valence-corrected chi connectivity index (χ1v) is 9.45. The molecule has 1 aromatic heterocycles. The van der Waals surface area contributed by atoms with Gasteiger partial charge in [0.15, 0.2) is 0 Å². The van der Waals surface area contributed by atoms with Crippen LogP contribution in [0.25, 0.3) is 22.0 Å². The molecule has 0 unspecified atom stereocenters. The van der Waals surface area contributed by atoms with Gasteiger partial charge in [0, 0.05) is 12.1 Å². The quantitative estimate of drug-likeness (QED) is 0.380. The van der Waals surface area contributed by atoms with Crippen LogP contribution in [0, 0.1) is 11.6 Å². The number of hydrogen-bond donors (Lipinski definition) is 2. The molecule has 0 saturated heterocycles. The van der Waals surface area contributed by atoms with Gasteiger partial charge in [-0.15, -0.1) is 0 Å². The molecular formula is C23H17F2N3O3. The molecule has 156 valence electrons. The third-order valence-electron chi connectivity index (χ3n) is 5.01. The first-order chi connectivity index (χ1) is 15.0. The fourth-order valence-electron chi connectivity index (χ4n) is 3.43. The Balaban J connectivity index is 1.62. The first kappa shape index (κ1) is 20.4. The number of hydrogen-bond acceptors (Lipinski definition) is 4. The molecule has 2 N–H and O–H groups in total. The number of carbonyl (C=O) groups excluding carboxylic acids is 1. The number of benzene rings is 3. The molecule has 0 atom stereocenters. The van der Waals surface area contributed by atoms with Crippen molar-refractivity contribution in [2.45, 2.75) is 13.0 Å². The molecular weight excluding hydrogens is 404 g/mol. The van der Waals surface area contributed by atoms with Crippen LogP contribution >= 0.6 is 0 Å². The van der Waals surface area contributed by atoms with E-state index in [-0.39, 0.29) is 28.6 Å². The molecule has 1 heterocycles. The Morgan fingerprint density at radius 3 is 2.52 bits per heavy atom. The number of aryl methyl sites for hydroxylation is 2. The lowest BCUT2D eigenvalue weighted by atomic mass is 10.0. The number of amides is 1. The molecule has 1 amide bonds. The molecule has 0 bridgehead atoms. The van der Waals surface area contributed by atoms with Crippen LogP contribution in [0.3, 0.4) is 0 Å². The Labute approximate surface area is 175 Å². The van der Waals surface area contributed by atoms with Crippen LogP contribution in [0.15, 0.2) is 71.8 Å². The second kappa shape index (κ2) is 8.45. The lowest BCUT2D eigenvalue weighted by Crippen LogP contribution is -2.23. The van der Waals surface area contributed by atoms with Gasteiger partial charge in [0.05, 0.1) is 22.8 Å². The topological polar surface area (TPSA) is 84.2 Å². The maximum Gasteiger partial charge on any atom is 0.274 e. The standard InChI is InChI=1S/C23H17F2N3O3/c24-18-5-2-6-19(25)21(18)15-4-1-3-14(11-15)9-10-28-13-26-20-8-7-16(22(29)27-31)12-17(20)23(28)30/h1-8,11-13,31H,9-10H2,(H,27,29). The predicted octanol–water partition coefficient (Wildman–Crippen LogP) is 3.70. The molecule has 0 spiro atoms. The average Bonchev–Trinajstić information content (AvgIpc) is 2.78. The van der Waals surface area contributed by atoms with E-state index in [1.165, 1.54) is 52.8 Å². The van der Waals surface area contributed by atoms with Crippen molar-refractivity contribution in [3.63, 3.8) is 0 Å². The minimum Gasteiger partial charge on any atom is -0.298 e. The molecule has 4 aromatic rings. The molecule has 31 heavy (non-hydrogen) atoms. The van der Waals surface area contributed by atoms with E-state index in [0.717, 1.165) is 5.56 Å². The van der Waals surface area contributed by atoms with Crippen LogP contribution in [0.1, 0.15) is 15.9 Å². The van der Waals surface area contributed by atoms with Crippen molar-refractivity contribution in [1.82, 2.24) is 15.0 Å². The highest BCUT2D eigenvalue weighted by Gasteiger charge is 2.12. The highest BCUT2D eigenvalue weighted by molar-refractivity contribution is 5.97.